The standard InChI is InChI=1S/C14H21FN2O2S/c1-10-12(15)8-11(9-13(10)16)20(18,19)17-14(2)6-4-3-5-7-14/h8-9,17H,3-7,16H2,1-2H3. The third kappa shape index (κ3) is 3.12. The second-order valence-electron chi connectivity index (χ2n) is 5.85. The first-order valence-electron chi connectivity index (χ1n) is 6.83. The summed E-state index contributed by atoms with van der Waals surface area (Å²) in [6.07, 6.45) is 4.74. The maximum atomic E-state index is 13.7. The van der Waals surface area contributed by atoms with Gasteiger partial charge in [-0.25, -0.2) is 17.5 Å². The normalized spacial score (nSPS) is 18.9. The Balaban J connectivity index is 2.31. The van der Waals surface area contributed by atoms with Crippen LogP contribution in [0, 0.1) is 12.7 Å². The second kappa shape index (κ2) is 5.33. The molecule has 1 aliphatic rings. The summed E-state index contributed by atoms with van der Waals surface area (Å²) in [5.74, 6) is -0.598. The molecule has 0 amide bonds. The van der Waals surface area contributed by atoms with Crippen molar-refractivity contribution in [2.75, 3.05) is 5.73 Å². The second-order valence-corrected chi connectivity index (χ2v) is 7.53. The summed E-state index contributed by atoms with van der Waals surface area (Å²) in [5, 5.41) is 0. The lowest BCUT2D eigenvalue weighted by Gasteiger charge is -2.34. The van der Waals surface area contributed by atoms with Gasteiger partial charge in [-0.05, 0) is 38.8 Å². The summed E-state index contributed by atoms with van der Waals surface area (Å²) in [5.41, 5.74) is 5.62. The van der Waals surface area contributed by atoms with E-state index >= 15 is 0 Å². The quantitative estimate of drug-likeness (QED) is 0.843. The molecule has 20 heavy (non-hydrogen) atoms. The molecule has 0 heterocycles. The van der Waals surface area contributed by atoms with Crippen molar-refractivity contribution in [2.24, 2.45) is 0 Å². The van der Waals surface area contributed by atoms with Gasteiger partial charge in [0, 0.05) is 16.8 Å². The van der Waals surface area contributed by atoms with Crippen molar-refractivity contribution in [3.63, 3.8) is 0 Å². The van der Waals surface area contributed by atoms with Crippen LogP contribution in [0.2, 0.25) is 0 Å². The lowest BCUT2D eigenvalue weighted by Crippen LogP contribution is -2.47. The zero-order valence-corrected chi connectivity index (χ0v) is 12.7. The summed E-state index contributed by atoms with van der Waals surface area (Å²) >= 11 is 0. The molecule has 0 spiro atoms. The molecular formula is C14H21FN2O2S. The molecule has 1 saturated carbocycles. The third-order valence-corrected chi connectivity index (χ3v) is 5.62. The largest absolute Gasteiger partial charge is 0.398 e. The first-order valence-corrected chi connectivity index (χ1v) is 8.31. The lowest BCUT2D eigenvalue weighted by molar-refractivity contribution is 0.294. The summed E-state index contributed by atoms with van der Waals surface area (Å²) in [7, 11) is -3.75. The molecule has 6 heteroatoms. The van der Waals surface area contributed by atoms with E-state index < -0.39 is 21.4 Å². The number of halogens is 1. The van der Waals surface area contributed by atoms with Gasteiger partial charge in [0.1, 0.15) is 5.82 Å². The number of nitrogen functional groups attached to an aromatic ring is 1. The molecule has 3 N–H and O–H groups in total. The van der Waals surface area contributed by atoms with E-state index in [1.54, 1.807) is 0 Å². The van der Waals surface area contributed by atoms with Crippen molar-refractivity contribution in [2.45, 2.75) is 56.4 Å². The van der Waals surface area contributed by atoms with Crippen LogP contribution >= 0.6 is 0 Å². The van der Waals surface area contributed by atoms with Crippen LogP contribution in [0.25, 0.3) is 0 Å². The maximum Gasteiger partial charge on any atom is 0.241 e. The highest BCUT2D eigenvalue weighted by molar-refractivity contribution is 7.89. The Bertz CT molecular complexity index is 585. The van der Waals surface area contributed by atoms with Gasteiger partial charge in [0.05, 0.1) is 4.90 Å². The molecule has 0 unspecified atom stereocenters. The van der Waals surface area contributed by atoms with Crippen molar-refractivity contribution in [1.82, 2.24) is 4.72 Å². The van der Waals surface area contributed by atoms with Gasteiger partial charge in [-0.3, -0.25) is 0 Å². The van der Waals surface area contributed by atoms with E-state index in [1.807, 2.05) is 6.92 Å². The van der Waals surface area contributed by atoms with Crippen LogP contribution in [0.5, 0.6) is 0 Å². The van der Waals surface area contributed by atoms with Crippen LogP contribution in [0.3, 0.4) is 0 Å². The molecule has 1 aromatic carbocycles. The minimum Gasteiger partial charge on any atom is -0.398 e. The summed E-state index contributed by atoms with van der Waals surface area (Å²) in [6.45, 7) is 3.43. The molecule has 0 aliphatic heterocycles. The maximum absolute atomic E-state index is 13.7. The van der Waals surface area contributed by atoms with E-state index in [1.165, 1.54) is 13.0 Å². The SMILES string of the molecule is Cc1c(N)cc(S(=O)(=O)NC2(C)CCCCC2)cc1F. The van der Waals surface area contributed by atoms with E-state index in [2.05, 4.69) is 4.72 Å². The molecule has 112 valence electrons. The van der Waals surface area contributed by atoms with Crippen molar-refractivity contribution < 1.29 is 12.8 Å². The molecule has 0 atom stereocenters. The summed E-state index contributed by atoms with van der Waals surface area (Å²) in [4.78, 5) is -0.107. The van der Waals surface area contributed by atoms with Gasteiger partial charge in [0.15, 0.2) is 0 Å². The molecule has 4 nitrogen and oxygen atoms in total. The van der Waals surface area contributed by atoms with E-state index in [9.17, 15) is 12.8 Å². The average molecular weight is 300 g/mol. The average Bonchev–Trinajstić information content (AvgIpc) is 2.35. The van der Waals surface area contributed by atoms with E-state index in [0.717, 1.165) is 38.2 Å². The van der Waals surface area contributed by atoms with Gasteiger partial charge in [-0.15, -0.1) is 0 Å². The Kier molecular flexibility index (Phi) is 4.07. The van der Waals surface area contributed by atoms with E-state index in [4.69, 9.17) is 5.73 Å². The van der Waals surface area contributed by atoms with Gasteiger partial charge >= 0.3 is 0 Å². The van der Waals surface area contributed by atoms with Gasteiger partial charge < -0.3 is 5.73 Å². The number of hydrogen-bond acceptors (Lipinski definition) is 3. The Morgan fingerprint density at radius 3 is 2.40 bits per heavy atom. The first-order chi connectivity index (χ1) is 9.23. The Morgan fingerprint density at radius 2 is 1.85 bits per heavy atom. The van der Waals surface area contributed by atoms with Crippen LogP contribution in [0.15, 0.2) is 17.0 Å². The smallest absolute Gasteiger partial charge is 0.241 e. The first kappa shape index (κ1) is 15.3. The number of nitrogens with two attached hydrogens (primary N) is 1. The lowest BCUT2D eigenvalue weighted by atomic mass is 9.84. The molecule has 0 bridgehead atoms. The molecule has 0 saturated heterocycles. The van der Waals surface area contributed by atoms with Crippen LogP contribution in [-0.4, -0.2) is 14.0 Å². The third-order valence-electron chi connectivity index (χ3n) is 4.01. The highest BCUT2D eigenvalue weighted by atomic mass is 32.2. The fourth-order valence-electron chi connectivity index (χ4n) is 2.65. The number of sulfonamides is 1. The highest BCUT2D eigenvalue weighted by Gasteiger charge is 2.32. The van der Waals surface area contributed by atoms with E-state index in [-0.39, 0.29) is 16.1 Å². The number of benzene rings is 1. The van der Waals surface area contributed by atoms with Gasteiger partial charge in [-0.2, -0.15) is 0 Å². The Morgan fingerprint density at radius 1 is 1.25 bits per heavy atom. The molecule has 2 rings (SSSR count). The summed E-state index contributed by atoms with van der Waals surface area (Å²) in [6, 6.07) is 2.34. The van der Waals surface area contributed by atoms with Gasteiger partial charge in [0.2, 0.25) is 10.0 Å². The van der Waals surface area contributed by atoms with Crippen molar-refractivity contribution in [3.05, 3.63) is 23.5 Å². The van der Waals surface area contributed by atoms with E-state index in [0.29, 0.717) is 0 Å². The molecule has 1 fully saturated rings. The van der Waals surface area contributed by atoms with Crippen LogP contribution in [0.1, 0.15) is 44.6 Å². The molecule has 0 aromatic heterocycles. The predicted octanol–water partition coefficient (Wildman–Crippen LogP) is 2.72. The topological polar surface area (TPSA) is 72.2 Å². The van der Waals surface area contributed by atoms with Crippen LogP contribution in [-0.2, 0) is 10.0 Å². The molecular weight excluding hydrogens is 279 g/mol. The zero-order valence-electron chi connectivity index (χ0n) is 11.9. The Hall–Kier alpha value is -1.14. The fraction of sp³-hybridized carbons (Fsp3) is 0.571. The van der Waals surface area contributed by atoms with Crippen molar-refractivity contribution >= 4 is 15.7 Å². The zero-order chi connectivity index (χ0) is 15.0. The monoisotopic (exact) mass is 300 g/mol. The van der Waals surface area contributed by atoms with Crippen molar-refractivity contribution in [3.8, 4) is 0 Å². The number of hydrogen-bond donors (Lipinski definition) is 2. The fourth-order valence-corrected chi connectivity index (χ4v) is 4.16. The molecule has 0 radical (unpaired) electrons. The molecule has 1 aromatic rings. The van der Waals surface area contributed by atoms with Gasteiger partial charge in [0.25, 0.3) is 0 Å². The minimum absolute atomic E-state index is 0.107. The predicted molar refractivity (Wildman–Crippen MR) is 77.4 cm³/mol. The van der Waals surface area contributed by atoms with Crippen LogP contribution in [0.4, 0.5) is 10.1 Å². The minimum atomic E-state index is -3.75. The van der Waals surface area contributed by atoms with Crippen molar-refractivity contribution in [1.29, 1.82) is 0 Å². The molecule has 1 aliphatic carbocycles. The summed E-state index contributed by atoms with van der Waals surface area (Å²) < 4.78 is 41.2. The number of anilines is 1. The number of nitrogens with one attached hydrogen (secondary N) is 1. The van der Waals surface area contributed by atoms with Crippen LogP contribution < -0.4 is 10.5 Å². The number of rotatable bonds is 3. The van der Waals surface area contributed by atoms with Gasteiger partial charge in [-0.1, -0.05) is 19.3 Å². The highest BCUT2D eigenvalue weighted by Crippen LogP contribution is 2.30. The Labute approximate surface area is 119 Å².